The molecule has 0 aliphatic rings. The van der Waals surface area contributed by atoms with Gasteiger partial charge in [0.25, 0.3) is 0 Å². The number of aromatic hydroxyl groups is 1. The topological polar surface area (TPSA) is 84.1 Å². The number of anilines is 1. The van der Waals surface area contributed by atoms with Crippen molar-refractivity contribution < 1.29 is 5.11 Å². The number of nitrogens with two attached hydrogens (primary N) is 1. The van der Waals surface area contributed by atoms with Crippen LogP contribution in [0, 0.1) is 0 Å². The number of aromatic nitrogens is 2. The van der Waals surface area contributed by atoms with Crippen molar-refractivity contribution in [2.24, 2.45) is 5.73 Å². The van der Waals surface area contributed by atoms with Crippen LogP contribution < -0.4 is 11.1 Å². The van der Waals surface area contributed by atoms with E-state index in [0.717, 1.165) is 10.9 Å². The second kappa shape index (κ2) is 6.40. The molecule has 3 rings (SSSR count). The maximum Gasteiger partial charge on any atom is 0.165 e. The van der Waals surface area contributed by atoms with Gasteiger partial charge in [-0.3, -0.25) is 0 Å². The SMILES string of the molecule is CC(N)CNc1nc(-c2ccc(Cl)cc2O)nc2ccccc12. The summed E-state index contributed by atoms with van der Waals surface area (Å²) in [5.74, 6) is 1.17. The first-order chi connectivity index (χ1) is 11.0. The normalized spacial score (nSPS) is 12.3. The highest BCUT2D eigenvalue weighted by atomic mass is 35.5. The third kappa shape index (κ3) is 3.36. The van der Waals surface area contributed by atoms with E-state index in [1.165, 1.54) is 6.07 Å². The summed E-state index contributed by atoms with van der Waals surface area (Å²) in [6, 6.07) is 12.6. The number of fused-ring (bicyclic) bond motifs is 1. The summed E-state index contributed by atoms with van der Waals surface area (Å²) in [6.07, 6.45) is 0. The minimum absolute atomic E-state index is 0.00360. The van der Waals surface area contributed by atoms with Crippen LogP contribution in [0.1, 0.15) is 6.92 Å². The Morgan fingerprint density at radius 2 is 2.00 bits per heavy atom. The molecular formula is C17H17ClN4O. The van der Waals surface area contributed by atoms with E-state index < -0.39 is 0 Å². The lowest BCUT2D eigenvalue weighted by molar-refractivity contribution is 0.477. The van der Waals surface area contributed by atoms with Gasteiger partial charge in [0.2, 0.25) is 0 Å². The molecule has 3 aromatic rings. The van der Waals surface area contributed by atoms with Gasteiger partial charge in [0.15, 0.2) is 5.82 Å². The molecule has 0 bridgehead atoms. The number of hydrogen-bond donors (Lipinski definition) is 3. The first-order valence-corrected chi connectivity index (χ1v) is 7.67. The fourth-order valence-corrected chi connectivity index (χ4v) is 2.45. The number of phenols is 1. The van der Waals surface area contributed by atoms with Crippen LogP contribution in [0.2, 0.25) is 5.02 Å². The highest BCUT2D eigenvalue weighted by Gasteiger charge is 2.12. The lowest BCUT2D eigenvalue weighted by Crippen LogP contribution is -2.25. The van der Waals surface area contributed by atoms with Gasteiger partial charge in [0.1, 0.15) is 11.6 Å². The molecule has 1 aromatic heterocycles. The van der Waals surface area contributed by atoms with Crippen LogP contribution in [-0.2, 0) is 0 Å². The van der Waals surface area contributed by atoms with Crippen LogP contribution in [0.4, 0.5) is 5.82 Å². The Kier molecular flexibility index (Phi) is 4.32. The van der Waals surface area contributed by atoms with Gasteiger partial charge in [-0.05, 0) is 37.3 Å². The average molecular weight is 329 g/mol. The minimum atomic E-state index is -0.00360. The number of benzene rings is 2. The van der Waals surface area contributed by atoms with Gasteiger partial charge in [-0.15, -0.1) is 0 Å². The van der Waals surface area contributed by atoms with E-state index in [4.69, 9.17) is 17.3 Å². The zero-order valence-electron chi connectivity index (χ0n) is 12.6. The zero-order valence-corrected chi connectivity index (χ0v) is 13.4. The molecule has 118 valence electrons. The molecule has 0 saturated heterocycles. The standard InChI is InChI=1S/C17H17ClN4O/c1-10(19)9-20-16-12-4-2-3-5-14(12)21-17(22-16)13-7-6-11(18)8-15(13)23/h2-8,10,23H,9,19H2,1H3,(H,20,21,22). The Bertz CT molecular complexity index is 851. The molecule has 0 aliphatic carbocycles. The molecular weight excluding hydrogens is 312 g/mol. The van der Waals surface area contributed by atoms with Crippen molar-refractivity contribution in [1.29, 1.82) is 0 Å². The first-order valence-electron chi connectivity index (χ1n) is 7.29. The summed E-state index contributed by atoms with van der Waals surface area (Å²) in [6.45, 7) is 2.51. The number of nitrogens with one attached hydrogen (secondary N) is 1. The molecule has 1 atom stereocenters. The van der Waals surface area contributed by atoms with Gasteiger partial charge in [0.05, 0.1) is 11.1 Å². The van der Waals surface area contributed by atoms with E-state index in [2.05, 4.69) is 15.3 Å². The number of phenolic OH excluding ortho intramolecular Hbond substituents is 1. The zero-order chi connectivity index (χ0) is 16.4. The molecule has 6 heteroatoms. The Morgan fingerprint density at radius 1 is 1.22 bits per heavy atom. The smallest absolute Gasteiger partial charge is 0.165 e. The van der Waals surface area contributed by atoms with E-state index in [9.17, 15) is 5.11 Å². The number of halogens is 1. The maximum atomic E-state index is 10.1. The Morgan fingerprint density at radius 3 is 2.74 bits per heavy atom. The van der Waals surface area contributed by atoms with Crippen LogP contribution in [0.15, 0.2) is 42.5 Å². The Labute approximate surface area is 139 Å². The van der Waals surface area contributed by atoms with Crippen molar-refractivity contribution in [3.8, 4) is 17.1 Å². The monoisotopic (exact) mass is 328 g/mol. The van der Waals surface area contributed by atoms with Crippen molar-refractivity contribution in [3.05, 3.63) is 47.5 Å². The molecule has 23 heavy (non-hydrogen) atoms. The molecule has 0 aliphatic heterocycles. The molecule has 1 unspecified atom stereocenters. The van der Waals surface area contributed by atoms with Gasteiger partial charge in [-0.1, -0.05) is 23.7 Å². The number of para-hydroxylation sites is 1. The quantitative estimate of drug-likeness (QED) is 0.683. The number of rotatable bonds is 4. The van der Waals surface area contributed by atoms with Crippen LogP contribution in [0.5, 0.6) is 5.75 Å². The van der Waals surface area contributed by atoms with Crippen molar-refractivity contribution >= 4 is 28.3 Å². The van der Waals surface area contributed by atoms with Crippen molar-refractivity contribution in [2.75, 3.05) is 11.9 Å². The molecule has 0 saturated carbocycles. The van der Waals surface area contributed by atoms with E-state index in [1.54, 1.807) is 12.1 Å². The number of hydrogen-bond acceptors (Lipinski definition) is 5. The lowest BCUT2D eigenvalue weighted by Gasteiger charge is -2.13. The summed E-state index contributed by atoms with van der Waals surface area (Å²) < 4.78 is 0. The second-order valence-electron chi connectivity index (χ2n) is 5.43. The molecule has 4 N–H and O–H groups in total. The predicted octanol–water partition coefficient (Wildman–Crippen LogP) is 3.41. The summed E-state index contributed by atoms with van der Waals surface area (Å²) in [7, 11) is 0. The van der Waals surface area contributed by atoms with Gasteiger partial charge >= 0.3 is 0 Å². The molecule has 0 amide bonds. The minimum Gasteiger partial charge on any atom is -0.507 e. The molecule has 1 heterocycles. The lowest BCUT2D eigenvalue weighted by atomic mass is 10.1. The van der Waals surface area contributed by atoms with Crippen LogP contribution in [-0.4, -0.2) is 27.7 Å². The van der Waals surface area contributed by atoms with Gasteiger partial charge in [-0.2, -0.15) is 0 Å². The van der Waals surface area contributed by atoms with E-state index >= 15 is 0 Å². The molecule has 0 fully saturated rings. The van der Waals surface area contributed by atoms with Crippen molar-refractivity contribution in [1.82, 2.24) is 9.97 Å². The molecule has 5 nitrogen and oxygen atoms in total. The van der Waals surface area contributed by atoms with E-state index in [1.807, 2.05) is 31.2 Å². The first kappa shape index (κ1) is 15.5. The summed E-state index contributed by atoms with van der Waals surface area (Å²) in [4.78, 5) is 9.09. The largest absolute Gasteiger partial charge is 0.507 e. The average Bonchev–Trinajstić information content (AvgIpc) is 2.52. The summed E-state index contributed by atoms with van der Waals surface area (Å²) >= 11 is 5.89. The fourth-order valence-electron chi connectivity index (χ4n) is 2.28. The van der Waals surface area contributed by atoms with E-state index in [-0.39, 0.29) is 11.8 Å². The fraction of sp³-hybridized carbons (Fsp3) is 0.176. The second-order valence-corrected chi connectivity index (χ2v) is 5.87. The van der Waals surface area contributed by atoms with Crippen LogP contribution >= 0.6 is 11.6 Å². The highest BCUT2D eigenvalue weighted by molar-refractivity contribution is 6.30. The van der Waals surface area contributed by atoms with Gasteiger partial charge in [0, 0.05) is 23.0 Å². The Balaban J connectivity index is 2.14. The third-order valence-corrected chi connectivity index (χ3v) is 3.63. The summed E-state index contributed by atoms with van der Waals surface area (Å²) in [5.41, 5.74) is 7.14. The molecule has 2 aromatic carbocycles. The maximum absolute atomic E-state index is 10.1. The van der Waals surface area contributed by atoms with Crippen LogP contribution in [0.25, 0.3) is 22.3 Å². The van der Waals surface area contributed by atoms with Gasteiger partial charge < -0.3 is 16.2 Å². The molecule has 0 spiro atoms. The third-order valence-electron chi connectivity index (χ3n) is 3.40. The highest BCUT2D eigenvalue weighted by Crippen LogP contribution is 2.32. The van der Waals surface area contributed by atoms with Gasteiger partial charge in [-0.25, -0.2) is 9.97 Å². The summed E-state index contributed by atoms with van der Waals surface area (Å²) in [5, 5.41) is 14.7. The van der Waals surface area contributed by atoms with Crippen molar-refractivity contribution in [3.63, 3.8) is 0 Å². The Hall–Kier alpha value is -2.37. The molecule has 0 radical (unpaired) electrons. The number of nitrogens with zero attached hydrogens (tertiary/aromatic N) is 2. The predicted molar refractivity (Wildman–Crippen MR) is 93.8 cm³/mol. The van der Waals surface area contributed by atoms with Crippen LogP contribution in [0.3, 0.4) is 0 Å². The van der Waals surface area contributed by atoms with Crippen molar-refractivity contribution in [2.45, 2.75) is 13.0 Å². The van der Waals surface area contributed by atoms with E-state index in [0.29, 0.717) is 28.8 Å².